The Kier molecular flexibility index (Phi) is 6.64. The number of hydrogen-bond acceptors (Lipinski definition) is 3. The van der Waals surface area contributed by atoms with E-state index in [0.29, 0.717) is 23.5 Å². The van der Waals surface area contributed by atoms with Gasteiger partial charge < -0.3 is 15.0 Å². The lowest BCUT2D eigenvalue weighted by Gasteiger charge is -2.28. The summed E-state index contributed by atoms with van der Waals surface area (Å²) in [5.41, 5.74) is 1.80. The Morgan fingerprint density at radius 1 is 1.19 bits per heavy atom. The first-order valence-corrected chi connectivity index (χ1v) is 8.71. The van der Waals surface area contributed by atoms with E-state index >= 15 is 0 Å². The van der Waals surface area contributed by atoms with Crippen LogP contribution < -0.4 is 10.1 Å². The van der Waals surface area contributed by atoms with Crippen LogP contribution in [-0.2, 0) is 11.3 Å². The van der Waals surface area contributed by atoms with Gasteiger partial charge in [0.05, 0.1) is 23.4 Å². The van der Waals surface area contributed by atoms with Crippen LogP contribution in [-0.4, -0.2) is 29.9 Å². The number of hydrogen-bond donors (Lipinski definition) is 1. The summed E-state index contributed by atoms with van der Waals surface area (Å²) in [6.07, 6.45) is 0. The largest absolute Gasteiger partial charge is 0.496 e. The average Bonchev–Trinajstić information content (AvgIpc) is 2.60. The lowest BCUT2D eigenvalue weighted by Crippen LogP contribution is -2.36. The zero-order valence-corrected chi connectivity index (χ0v) is 16.1. The smallest absolute Gasteiger partial charge is 0.258 e. The highest BCUT2D eigenvalue weighted by Crippen LogP contribution is 2.32. The first-order valence-electron chi connectivity index (χ1n) is 8.33. The molecule has 5 nitrogen and oxygen atoms in total. The number of methoxy groups -OCH3 is 1. The Balaban J connectivity index is 2.38. The fraction of sp³-hybridized carbons (Fsp3) is 0.300. The van der Waals surface area contributed by atoms with Crippen LogP contribution in [0.15, 0.2) is 42.5 Å². The summed E-state index contributed by atoms with van der Waals surface area (Å²) in [6, 6.07) is 12.9. The molecule has 138 valence electrons. The van der Waals surface area contributed by atoms with Gasteiger partial charge in [-0.05, 0) is 25.5 Å². The lowest BCUT2D eigenvalue weighted by molar-refractivity contribution is -0.114. The molecular weight excluding hydrogens is 352 g/mol. The molecule has 2 rings (SSSR count). The second kappa shape index (κ2) is 8.72. The molecule has 6 heteroatoms. The Bertz CT molecular complexity index is 791. The van der Waals surface area contributed by atoms with Gasteiger partial charge >= 0.3 is 0 Å². The topological polar surface area (TPSA) is 58.6 Å². The molecule has 0 heterocycles. The van der Waals surface area contributed by atoms with E-state index in [2.05, 4.69) is 5.32 Å². The van der Waals surface area contributed by atoms with Crippen molar-refractivity contribution in [3.8, 4) is 5.75 Å². The SMILES string of the molecule is COc1cc(NC(C)=O)c(Cl)cc1C(=O)N(Cc1ccccc1)C(C)C. The van der Waals surface area contributed by atoms with Crippen LogP contribution in [0, 0.1) is 0 Å². The molecule has 0 aliphatic heterocycles. The van der Waals surface area contributed by atoms with Gasteiger partial charge in [-0.15, -0.1) is 0 Å². The van der Waals surface area contributed by atoms with Crippen LogP contribution in [0.5, 0.6) is 5.75 Å². The average molecular weight is 375 g/mol. The van der Waals surface area contributed by atoms with E-state index in [1.54, 1.807) is 11.0 Å². The lowest BCUT2D eigenvalue weighted by atomic mass is 10.1. The van der Waals surface area contributed by atoms with Crippen LogP contribution in [0.1, 0.15) is 36.7 Å². The van der Waals surface area contributed by atoms with E-state index in [-0.39, 0.29) is 22.9 Å². The van der Waals surface area contributed by atoms with Crippen LogP contribution in [0.4, 0.5) is 5.69 Å². The Morgan fingerprint density at radius 3 is 2.38 bits per heavy atom. The highest BCUT2D eigenvalue weighted by Gasteiger charge is 2.24. The van der Waals surface area contributed by atoms with E-state index in [0.717, 1.165) is 5.56 Å². The summed E-state index contributed by atoms with van der Waals surface area (Å²) in [5, 5.41) is 2.91. The molecule has 1 N–H and O–H groups in total. The molecule has 2 aromatic rings. The molecule has 0 aliphatic rings. The molecule has 0 aromatic heterocycles. The third-order valence-electron chi connectivity index (χ3n) is 3.91. The van der Waals surface area contributed by atoms with Crippen molar-refractivity contribution >= 4 is 29.1 Å². The highest BCUT2D eigenvalue weighted by atomic mass is 35.5. The number of carbonyl (C=O) groups is 2. The standard InChI is InChI=1S/C20H23ClN2O3/c1-13(2)23(12-15-8-6-5-7-9-15)20(25)16-10-17(21)18(22-14(3)24)11-19(16)26-4/h5-11,13H,12H2,1-4H3,(H,22,24). The molecule has 26 heavy (non-hydrogen) atoms. The normalized spacial score (nSPS) is 10.5. The minimum atomic E-state index is -0.249. The number of rotatable bonds is 6. The Hall–Kier alpha value is -2.53. The van der Waals surface area contributed by atoms with Gasteiger partial charge in [-0.1, -0.05) is 41.9 Å². The zero-order valence-electron chi connectivity index (χ0n) is 15.4. The van der Waals surface area contributed by atoms with Crippen LogP contribution >= 0.6 is 11.6 Å². The summed E-state index contributed by atoms with van der Waals surface area (Å²) < 4.78 is 5.37. The number of carbonyl (C=O) groups excluding carboxylic acids is 2. The number of amides is 2. The van der Waals surface area contributed by atoms with Crippen molar-refractivity contribution in [3.05, 3.63) is 58.6 Å². The van der Waals surface area contributed by atoms with E-state index in [4.69, 9.17) is 16.3 Å². The van der Waals surface area contributed by atoms with Crippen LogP contribution in [0.2, 0.25) is 5.02 Å². The summed E-state index contributed by atoms with van der Waals surface area (Å²) in [5.74, 6) is -0.0697. The van der Waals surface area contributed by atoms with Crippen molar-refractivity contribution in [1.82, 2.24) is 4.90 Å². The quantitative estimate of drug-likeness (QED) is 0.817. The molecule has 0 radical (unpaired) electrons. The molecule has 0 fully saturated rings. The Morgan fingerprint density at radius 2 is 1.85 bits per heavy atom. The van der Waals surface area contributed by atoms with Gasteiger partial charge in [0.15, 0.2) is 0 Å². The maximum absolute atomic E-state index is 13.2. The molecule has 0 saturated heterocycles. The predicted octanol–water partition coefficient (Wildman–Crippen LogP) is 4.36. The molecule has 0 spiro atoms. The minimum absolute atomic E-state index is 0.0128. The van der Waals surface area contributed by atoms with E-state index < -0.39 is 0 Å². The zero-order chi connectivity index (χ0) is 19.3. The first kappa shape index (κ1) is 19.8. The second-order valence-corrected chi connectivity index (χ2v) is 6.63. The van der Waals surface area contributed by atoms with Crippen molar-refractivity contribution in [3.63, 3.8) is 0 Å². The maximum Gasteiger partial charge on any atom is 0.258 e. The van der Waals surface area contributed by atoms with Gasteiger partial charge in [0, 0.05) is 25.6 Å². The summed E-state index contributed by atoms with van der Waals surface area (Å²) in [4.78, 5) is 26.2. The molecule has 2 amide bonds. The van der Waals surface area contributed by atoms with Crippen molar-refractivity contribution < 1.29 is 14.3 Å². The molecule has 0 atom stereocenters. The van der Waals surface area contributed by atoms with Crippen molar-refractivity contribution in [1.29, 1.82) is 0 Å². The van der Waals surface area contributed by atoms with E-state index in [1.807, 2.05) is 44.2 Å². The molecule has 0 unspecified atom stereocenters. The number of halogens is 1. The molecule has 2 aromatic carbocycles. The number of anilines is 1. The maximum atomic E-state index is 13.2. The molecule has 0 aliphatic carbocycles. The number of nitrogens with one attached hydrogen (secondary N) is 1. The number of nitrogens with zero attached hydrogens (tertiary/aromatic N) is 1. The third kappa shape index (κ3) is 4.76. The first-order chi connectivity index (χ1) is 12.3. The minimum Gasteiger partial charge on any atom is -0.496 e. The van der Waals surface area contributed by atoms with Gasteiger partial charge in [-0.2, -0.15) is 0 Å². The number of ether oxygens (including phenoxy) is 1. The summed E-state index contributed by atoms with van der Waals surface area (Å²) >= 11 is 6.25. The van der Waals surface area contributed by atoms with Crippen LogP contribution in [0.3, 0.4) is 0 Å². The van der Waals surface area contributed by atoms with Gasteiger partial charge in [-0.3, -0.25) is 9.59 Å². The van der Waals surface area contributed by atoms with Crippen molar-refractivity contribution in [2.45, 2.75) is 33.4 Å². The van der Waals surface area contributed by atoms with Crippen molar-refractivity contribution in [2.24, 2.45) is 0 Å². The van der Waals surface area contributed by atoms with Crippen molar-refractivity contribution in [2.75, 3.05) is 12.4 Å². The number of benzene rings is 2. The highest BCUT2D eigenvalue weighted by molar-refractivity contribution is 6.34. The fourth-order valence-corrected chi connectivity index (χ4v) is 2.81. The monoisotopic (exact) mass is 374 g/mol. The fourth-order valence-electron chi connectivity index (χ4n) is 2.60. The van der Waals surface area contributed by atoms with Gasteiger partial charge in [-0.25, -0.2) is 0 Å². The Labute approximate surface area is 158 Å². The molecule has 0 saturated carbocycles. The molecule has 0 bridgehead atoms. The molecular formula is C20H23ClN2O3. The van der Waals surface area contributed by atoms with Gasteiger partial charge in [0.1, 0.15) is 5.75 Å². The second-order valence-electron chi connectivity index (χ2n) is 6.23. The van der Waals surface area contributed by atoms with E-state index in [1.165, 1.54) is 20.1 Å². The third-order valence-corrected chi connectivity index (χ3v) is 4.22. The van der Waals surface area contributed by atoms with Gasteiger partial charge in [0.25, 0.3) is 5.91 Å². The van der Waals surface area contributed by atoms with E-state index in [9.17, 15) is 9.59 Å². The summed E-state index contributed by atoms with van der Waals surface area (Å²) in [6.45, 7) is 5.79. The van der Waals surface area contributed by atoms with Crippen LogP contribution in [0.25, 0.3) is 0 Å². The predicted molar refractivity (Wildman–Crippen MR) is 104 cm³/mol. The summed E-state index contributed by atoms with van der Waals surface area (Å²) in [7, 11) is 1.48. The van der Waals surface area contributed by atoms with Gasteiger partial charge in [0.2, 0.25) is 5.91 Å².